The van der Waals surface area contributed by atoms with Gasteiger partial charge in [0.05, 0.1) is 13.7 Å². The molecule has 180 valence electrons. The van der Waals surface area contributed by atoms with Crippen LogP contribution in [0.4, 0.5) is 0 Å². The summed E-state index contributed by atoms with van der Waals surface area (Å²) in [4.78, 5) is 25.3. The molecule has 0 amide bonds. The number of carbonyl (C=O) groups is 2. The number of Topliss-reactive ketones (excluding diaryl/α,β-unsaturated/α-hetero) is 1. The van der Waals surface area contributed by atoms with Crippen molar-refractivity contribution in [2.75, 3.05) is 20.3 Å². The van der Waals surface area contributed by atoms with Crippen LogP contribution < -0.4 is 5.32 Å². The van der Waals surface area contributed by atoms with Crippen LogP contribution in [0.3, 0.4) is 0 Å². The summed E-state index contributed by atoms with van der Waals surface area (Å²) in [7, 11) is 1.38. The first kappa shape index (κ1) is 25.6. The molecule has 1 fully saturated rings. The first-order valence-electron chi connectivity index (χ1n) is 12.2. The minimum atomic E-state index is -0.574. The van der Waals surface area contributed by atoms with Crippen LogP contribution in [0.5, 0.6) is 0 Å². The predicted octanol–water partition coefficient (Wildman–Crippen LogP) is 5.55. The standard InChI is InChI=1S/C27H37NO4S/c1-3-32-26(27(30)31-2)15-21-9-12-22(13-10-21)23-16-25(33-19-23)18-28-17-24(29)14-11-20-7-5-4-6-8-20/h9-10,12-13,16,19-20,26,28H,3-8,11,14-15,17-18H2,1-2H3. The first-order valence-corrected chi connectivity index (χ1v) is 13.1. The van der Waals surface area contributed by atoms with Gasteiger partial charge in [0.25, 0.3) is 0 Å². The Bertz CT molecular complexity index is 871. The molecule has 6 heteroatoms. The van der Waals surface area contributed by atoms with Gasteiger partial charge in [-0.25, -0.2) is 4.79 Å². The Kier molecular flexibility index (Phi) is 10.6. The molecule has 1 aromatic heterocycles. The highest BCUT2D eigenvalue weighted by molar-refractivity contribution is 7.10. The van der Waals surface area contributed by atoms with E-state index in [0.29, 0.717) is 38.3 Å². The molecule has 1 atom stereocenters. The van der Waals surface area contributed by atoms with Gasteiger partial charge in [0.1, 0.15) is 5.78 Å². The van der Waals surface area contributed by atoms with E-state index >= 15 is 0 Å². The van der Waals surface area contributed by atoms with Crippen LogP contribution in [0.1, 0.15) is 62.3 Å². The molecule has 0 aliphatic heterocycles. The molecule has 0 radical (unpaired) electrons. The Morgan fingerprint density at radius 2 is 1.88 bits per heavy atom. The summed E-state index contributed by atoms with van der Waals surface area (Å²) >= 11 is 1.71. The third-order valence-corrected chi connectivity index (χ3v) is 7.31. The maximum absolute atomic E-state index is 12.2. The van der Waals surface area contributed by atoms with Crippen LogP contribution in [0.25, 0.3) is 11.1 Å². The van der Waals surface area contributed by atoms with E-state index in [9.17, 15) is 9.59 Å². The molecule has 1 saturated carbocycles. The Morgan fingerprint density at radius 3 is 2.58 bits per heavy atom. The van der Waals surface area contributed by atoms with E-state index in [0.717, 1.165) is 23.5 Å². The van der Waals surface area contributed by atoms with Gasteiger partial charge in [-0.2, -0.15) is 0 Å². The van der Waals surface area contributed by atoms with Gasteiger partial charge >= 0.3 is 5.97 Å². The van der Waals surface area contributed by atoms with Gasteiger partial charge in [-0.15, -0.1) is 11.3 Å². The highest BCUT2D eigenvalue weighted by Gasteiger charge is 2.20. The van der Waals surface area contributed by atoms with Crippen LogP contribution in [0.2, 0.25) is 0 Å². The molecule has 1 N–H and O–H groups in total. The fourth-order valence-corrected chi connectivity index (χ4v) is 5.33. The molecule has 1 aromatic carbocycles. The number of rotatable bonds is 13. The molecule has 0 bridgehead atoms. The molecule has 0 saturated heterocycles. The van der Waals surface area contributed by atoms with Crippen LogP contribution in [0, 0.1) is 5.92 Å². The smallest absolute Gasteiger partial charge is 0.335 e. The summed E-state index contributed by atoms with van der Waals surface area (Å²) in [6.07, 6.45) is 8.33. The maximum Gasteiger partial charge on any atom is 0.335 e. The van der Waals surface area contributed by atoms with Crippen molar-refractivity contribution in [1.82, 2.24) is 5.32 Å². The molecule has 1 aliphatic carbocycles. The van der Waals surface area contributed by atoms with Gasteiger partial charge in [0.15, 0.2) is 6.10 Å². The highest BCUT2D eigenvalue weighted by Crippen LogP contribution is 2.28. The van der Waals surface area contributed by atoms with Crippen molar-refractivity contribution in [3.05, 3.63) is 46.2 Å². The molecule has 2 aromatic rings. The SMILES string of the molecule is CCOC(Cc1ccc(-c2csc(CNCC(=O)CCC3CCCCC3)c2)cc1)C(=O)OC. The van der Waals surface area contributed by atoms with Gasteiger partial charge in [-0.1, -0.05) is 56.4 Å². The van der Waals surface area contributed by atoms with E-state index in [2.05, 4.69) is 28.9 Å². The zero-order valence-electron chi connectivity index (χ0n) is 19.9. The van der Waals surface area contributed by atoms with Crippen LogP contribution >= 0.6 is 11.3 Å². The number of nitrogens with one attached hydrogen (secondary N) is 1. The van der Waals surface area contributed by atoms with Crippen molar-refractivity contribution < 1.29 is 19.1 Å². The maximum atomic E-state index is 12.2. The molecular formula is C27H37NO4S. The van der Waals surface area contributed by atoms with Crippen molar-refractivity contribution in [2.45, 2.75) is 70.9 Å². The summed E-state index contributed by atoms with van der Waals surface area (Å²) < 4.78 is 10.3. The monoisotopic (exact) mass is 471 g/mol. The second-order valence-electron chi connectivity index (χ2n) is 8.85. The zero-order chi connectivity index (χ0) is 23.5. The van der Waals surface area contributed by atoms with Crippen molar-refractivity contribution >= 4 is 23.1 Å². The van der Waals surface area contributed by atoms with Crippen LogP contribution in [-0.2, 0) is 32.0 Å². The molecule has 5 nitrogen and oxygen atoms in total. The third-order valence-electron chi connectivity index (χ3n) is 6.37. The fourth-order valence-electron chi connectivity index (χ4n) is 4.47. The lowest BCUT2D eigenvalue weighted by Gasteiger charge is -2.20. The van der Waals surface area contributed by atoms with E-state index in [-0.39, 0.29) is 5.97 Å². The summed E-state index contributed by atoms with van der Waals surface area (Å²) in [5, 5.41) is 5.46. The summed E-state index contributed by atoms with van der Waals surface area (Å²) in [6.45, 7) is 3.51. The highest BCUT2D eigenvalue weighted by atomic mass is 32.1. The number of carbonyl (C=O) groups excluding carboxylic acids is 2. The molecule has 1 heterocycles. The lowest BCUT2D eigenvalue weighted by Crippen LogP contribution is -2.28. The van der Waals surface area contributed by atoms with E-state index < -0.39 is 6.10 Å². The molecule has 0 spiro atoms. The van der Waals surface area contributed by atoms with Crippen molar-refractivity contribution in [1.29, 1.82) is 0 Å². The van der Waals surface area contributed by atoms with Gasteiger partial charge in [-0.05, 0) is 47.4 Å². The van der Waals surface area contributed by atoms with E-state index in [1.807, 2.05) is 19.1 Å². The number of ketones is 1. The Morgan fingerprint density at radius 1 is 1.12 bits per heavy atom. The van der Waals surface area contributed by atoms with Crippen molar-refractivity contribution in [3.63, 3.8) is 0 Å². The van der Waals surface area contributed by atoms with Crippen LogP contribution in [0.15, 0.2) is 35.7 Å². The second-order valence-corrected chi connectivity index (χ2v) is 9.85. The van der Waals surface area contributed by atoms with E-state index in [1.54, 1.807) is 11.3 Å². The number of thiophene rings is 1. The Balaban J connectivity index is 1.43. The first-order chi connectivity index (χ1) is 16.1. The van der Waals surface area contributed by atoms with Gasteiger partial charge < -0.3 is 14.8 Å². The van der Waals surface area contributed by atoms with Gasteiger partial charge in [0.2, 0.25) is 0 Å². The third kappa shape index (κ3) is 8.36. The molecule has 1 aliphatic rings. The minimum absolute atomic E-state index is 0.324. The molecule has 1 unspecified atom stereocenters. The van der Waals surface area contributed by atoms with Crippen molar-refractivity contribution in [2.24, 2.45) is 5.92 Å². The second kappa shape index (κ2) is 13.6. The summed E-state index contributed by atoms with van der Waals surface area (Å²) in [6, 6.07) is 10.4. The lowest BCUT2D eigenvalue weighted by atomic mass is 9.86. The molecule has 33 heavy (non-hydrogen) atoms. The normalized spacial score (nSPS) is 15.3. The summed E-state index contributed by atoms with van der Waals surface area (Å²) in [5.74, 6) is 0.744. The number of hydrogen-bond donors (Lipinski definition) is 1. The lowest BCUT2D eigenvalue weighted by molar-refractivity contribution is -0.153. The average Bonchev–Trinajstić information content (AvgIpc) is 3.32. The number of hydrogen-bond acceptors (Lipinski definition) is 6. The fraction of sp³-hybridized carbons (Fsp3) is 0.556. The number of ether oxygens (including phenoxy) is 2. The Labute approximate surface area is 201 Å². The summed E-state index contributed by atoms with van der Waals surface area (Å²) in [5.41, 5.74) is 3.34. The number of esters is 1. The zero-order valence-corrected chi connectivity index (χ0v) is 20.8. The molecule has 3 rings (SSSR count). The largest absolute Gasteiger partial charge is 0.467 e. The van der Waals surface area contributed by atoms with Crippen molar-refractivity contribution in [3.8, 4) is 11.1 Å². The molecular weight excluding hydrogens is 434 g/mol. The quantitative estimate of drug-likeness (QED) is 0.388. The number of benzene rings is 1. The van der Waals surface area contributed by atoms with E-state index in [1.165, 1.54) is 49.7 Å². The predicted molar refractivity (Wildman–Crippen MR) is 133 cm³/mol. The topological polar surface area (TPSA) is 64.6 Å². The van der Waals surface area contributed by atoms with Gasteiger partial charge in [-0.3, -0.25) is 4.79 Å². The minimum Gasteiger partial charge on any atom is -0.467 e. The van der Waals surface area contributed by atoms with E-state index in [4.69, 9.17) is 9.47 Å². The number of methoxy groups -OCH3 is 1. The van der Waals surface area contributed by atoms with Gasteiger partial charge in [0, 0.05) is 30.9 Å². The Hall–Kier alpha value is -2.02. The average molecular weight is 472 g/mol. The van der Waals surface area contributed by atoms with Crippen LogP contribution in [-0.4, -0.2) is 38.1 Å².